The second-order valence-corrected chi connectivity index (χ2v) is 6.84. The van der Waals surface area contributed by atoms with Gasteiger partial charge in [0.1, 0.15) is 12.4 Å². The predicted molar refractivity (Wildman–Crippen MR) is 91.5 cm³/mol. The van der Waals surface area contributed by atoms with Gasteiger partial charge in [0.25, 0.3) is 0 Å². The number of para-hydroxylation sites is 1. The molecule has 3 aromatic rings. The smallest absolute Gasteiger partial charge is 0.226 e. The molecule has 0 saturated heterocycles. The third-order valence-electron chi connectivity index (χ3n) is 3.64. The summed E-state index contributed by atoms with van der Waals surface area (Å²) in [6, 6.07) is 8.09. The molecule has 0 saturated carbocycles. The monoisotopic (exact) mass is 347 g/mol. The molecule has 0 radical (unpaired) electrons. The van der Waals surface area contributed by atoms with Crippen molar-refractivity contribution in [2.75, 3.05) is 19.0 Å². The van der Waals surface area contributed by atoms with Crippen LogP contribution in [0.3, 0.4) is 0 Å². The number of hydrogen-bond donors (Lipinski definition) is 1. The average molecular weight is 348 g/mol. The zero-order valence-corrected chi connectivity index (χ0v) is 13.9. The zero-order chi connectivity index (χ0) is 15.8. The zero-order valence-electron chi connectivity index (χ0n) is 12.4. The quantitative estimate of drug-likeness (QED) is 0.734. The molecular formula is C15H14ClN5OS. The van der Waals surface area contributed by atoms with E-state index in [0.717, 1.165) is 28.4 Å². The molecule has 0 fully saturated rings. The molecule has 0 unspecified atom stereocenters. The Morgan fingerprint density at radius 2 is 2.26 bits per heavy atom. The van der Waals surface area contributed by atoms with E-state index in [2.05, 4.69) is 26.3 Å². The highest BCUT2D eigenvalue weighted by molar-refractivity contribution is 8.00. The minimum Gasteiger partial charge on any atom is -0.491 e. The lowest BCUT2D eigenvalue weighted by Crippen LogP contribution is -2.24. The molecule has 1 N–H and O–H groups in total. The number of thioether (sulfide) groups is 1. The van der Waals surface area contributed by atoms with Crippen molar-refractivity contribution in [2.45, 2.75) is 16.7 Å². The van der Waals surface area contributed by atoms with E-state index < -0.39 is 0 Å². The molecule has 1 atom stereocenters. The number of aromatic nitrogens is 4. The third-order valence-corrected chi connectivity index (χ3v) is 5.02. The van der Waals surface area contributed by atoms with Crippen molar-refractivity contribution >= 4 is 40.3 Å². The van der Waals surface area contributed by atoms with Crippen LogP contribution >= 0.6 is 23.4 Å². The highest BCUT2D eigenvalue weighted by Gasteiger charge is 2.22. The van der Waals surface area contributed by atoms with Gasteiger partial charge in [0.05, 0.1) is 11.6 Å². The molecule has 0 bridgehead atoms. The Balaban J connectivity index is 1.63. The molecule has 1 aliphatic heterocycles. The van der Waals surface area contributed by atoms with Crippen LogP contribution < -0.4 is 10.1 Å². The lowest BCUT2D eigenvalue weighted by molar-refractivity contribution is 0.294. The van der Waals surface area contributed by atoms with E-state index in [4.69, 9.17) is 16.3 Å². The first kappa shape index (κ1) is 14.6. The van der Waals surface area contributed by atoms with Gasteiger partial charge < -0.3 is 14.6 Å². The summed E-state index contributed by atoms with van der Waals surface area (Å²) >= 11 is 7.82. The maximum atomic E-state index is 6.01. The number of rotatable bonds is 3. The second kappa shape index (κ2) is 5.90. The van der Waals surface area contributed by atoms with Gasteiger partial charge in [-0.2, -0.15) is 9.97 Å². The number of halogens is 1. The van der Waals surface area contributed by atoms with Crippen LogP contribution in [-0.2, 0) is 6.54 Å². The SMILES string of the molecule is CNc1nc(Cl)nc2c1ncn2C[C@H]1COc2ccccc2S1. The van der Waals surface area contributed by atoms with E-state index in [1.165, 1.54) is 0 Å². The maximum Gasteiger partial charge on any atom is 0.226 e. The Morgan fingerprint density at radius 3 is 3.13 bits per heavy atom. The first-order valence-electron chi connectivity index (χ1n) is 7.19. The third kappa shape index (κ3) is 2.70. The van der Waals surface area contributed by atoms with Crippen molar-refractivity contribution in [1.29, 1.82) is 0 Å². The van der Waals surface area contributed by atoms with Gasteiger partial charge >= 0.3 is 0 Å². The minimum atomic E-state index is 0.210. The van der Waals surface area contributed by atoms with Gasteiger partial charge in [0.2, 0.25) is 5.28 Å². The summed E-state index contributed by atoms with van der Waals surface area (Å²) in [4.78, 5) is 14.0. The molecule has 0 amide bonds. The van der Waals surface area contributed by atoms with E-state index in [1.54, 1.807) is 13.4 Å². The Morgan fingerprint density at radius 1 is 1.39 bits per heavy atom. The molecule has 1 aliphatic rings. The largest absolute Gasteiger partial charge is 0.491 e. The molecule has 8 heteroatoms. The molecule has 23 heavy (non-hydrogen) atoms. The number of fused-ring (bicyclic) bond motifs is 2. The fourth-order valence-electron chi connectivity index (χ4n) is 2.60. The summed E-state index contributed by atoms with van der Waals surface area (Å²) in [7, 11) is 1.79. The van der Waals surface area contributed by atoms with Crippen LogP contribution in [0.1, 0.15) is 0 Å². The van der Waals surface area contributed by atoms with Gasteiger partial charge in [-0.3, -0.25) is 0 Å². The van der Waals surface area contributed by atoms with E-state index in [1.807, 2.05) is 34.5 Å². The lowest BCUT2D eigenvalue weighted by atomic mass is 10.3. The highest BCUT2D eigenvalue weighted by atomic mass is 35.5. The Labute approximate surface area is 142 Å². The van der Waals surface area contributed by atoms with Crippen molar-refractivity contribution < 1.29 is 4.74 Å². The van der Waals surface area contributed by atoms with Gasteiger partial charge in [0.15, 0.2) is 17.0 Å². The van der Waals surface area contributed by atoms with E-state index in [0.29, 0.717) is 12.4 Å². The highest BCUT2D eigenvalue weighted by Crippen LogP contribution is 2.37. The molecule has 3 heterocycles. The van der Waals surface area contributed by atoms with Crippen LogP contribution in [0.2, 0.25) is 5.28 Å². The first-order chi connectivity index (χ1) is 11.2. The van der Waals surface area contributed by atoms with Crippen molar-refractivity contribution in [1.82, 2.24) is 19.5 Å². The Bertz CT molecular complexity index is 868. The van der Waals surface area contributed by atoms with E-state index in [9.17, 15) is 0 Å². The normalized spacial score (nSPS) is 16.9. The standard InChI is InChI=1S/C15H14ClN5OS/c1-17-13-12-14(20-15(16)19-13)21(8-18-12)6-9-7-22-10-4-2-3-5-11(10)23-9/h2-5,8-9H,6-7H2,1H3,(H,17,19,20)/t9-/m0/s1. The first-order valence-corrected chi connectivity index (χ1v) is 8.45. The van der Waals surface area contributed by atoms with Crippen molar-refractivity contribution in [3.05, 3.63) is 35.9 Å². The summed E-state index contributed by atoms with van der Waals surface area (Å²) in [5.74, 6) is 1.59. The van der Waals surface area contributed by atoms with E-state index >= 15 is 0 Å². The number of hydrogen-bond acceptors (Lipinski definition) is 6. The van der Waals surface area contributed by atoms with Gasteiger partial charge in [0, 0.05) is 18.5 Å². The van der Waals surface area contributed by atoms with Crippen LogP contribution in [0.25, 0.3) is 11.2 Å². The summed E-state index contributed by atoms with van der Waals surface area (Å²) in [5.41, 5.74) is 1.45. The lowest BCUT2D eigenvalue weighted by Gasteiger charge is -2.24. The molecule has 6 nitrogen and oxygen atoms in total. The van der Waals surface area contributed by atoms with Crippen LogP contribution in [-0.4, -0.2) is 38.4 Å². The molecular weight excluding hydrogens is 334 g/mol. The predicted octanol–water partition coefficient (Wildman–Crippen LogP) is 3.07. The van der Waals surface area contributed by atoms with Crippen molar-refractivity contribution in [3.63, 3.8) is 0 Å². The summed E-state index contributed by atoms with van der Waals surface area (Å²) < 4.78 is 7.84. The maximum absolute atomic E-state index is 6.01. The van der Waals surface area contributed by atoms with Crippen LogP contribution in [0, 0.1) is 0 Å². The number of ether oxygens (including phenoxy) is 1. The molecule has 0 spiro atoms. The topological polar surface area (TPSA) is 64.9 Å². The summed E-state index contributed by atoms with van der Waals surface area (Å²) in [5, 5.41) is 3.50. The Hall–Kier alpha value is -1.99. The van der Waals surface area contributed by atoms with Crippen LogP contribution in [0.4, 0.5) is 5.82 Å². The second-order valence-electron chi connectivity index (χ2n) is 5.16. The number of imidazole rings is 1. The minimum absolute atomic E-state index is 0.210. The van der Waals surface area contributed by atoms with Gasteiger partial charge in [-0.1, -0.05) is 12.1 Å². The number of nitrogens with zero attached hydrogens (tertiary/aromatic N) is 4. The number of anilines is 1. The fraction of sp³-hybridized carbons (Fsp3) is 0.267. The summed E-state index contributed by atoms with van der Waals surface area (Å²) in [6.07, 6.45) is 1.78. The van der Waals surface area contributed by atoms with E-state index in [-0.39, 0.29) is 10.5 Å². The molecule has 4 rings (SSSR count). The number of nitrogens with one attached hydrogen (secondary N) is 1. The molecule has 118 valence electrons. The average Bonchev–Trinajstić information content (AvgIpc) is 2.97. The molecule has 1 aromatic carbocycles. The fourth-order valence-corrected chi connectivity index (χ4v) is 3.89. The van der Waals surface area contributed by atoms with Crippen molar-refractivity contribution in [2.24, 2.45) is 0 Å². The van der Waals surface area contributed by atoms with Crippen LogP contribution in [0.5, 0.6) is 5.75 Å². The van der Waals surface area contributed by atoms with Gasteiger partial charge in [-0.15, -0.1) is 11.8 Å². The Kier molecular flexibility index (Phi) is 3.74. The number of benzene rings is 1. The van der Waals surface area contributed by atoms with Crippen LogP contribution in [0.15, 0.2) is 35.5 Å². The van der Waals surface area contributed by atoms with Crippen molar-refractivity contribution in [3.8, 4) is 5.75 Å². The summed E-state index contributed by atoms with van der Waals surface area (Å²) in [6.45, 7) is 1.39. The van der Waals surface area contributed by atoms with Gasteiger partial charge in [-0.05, 0) is 23.7 Å². The molecule has 2 aromatic heterocycles. The molecule has 0 aliphatic carbocycles. The van der Waals surface area contributed by atoms with Gasteiger partial charge in [-0.25, -0.2) is 4.98 Å².